The van der Waals surface area contributed by atoms with Gasteiger partial charge in [0.2, 0.25) is 0 Å². The van der Waals surface area contributed by atoms with E-state index < -0.39 is 17.7 Å². The number of rotatable bonds is 5. The molecule has 6 nitrogen and oxygen atoms in total. The Morgan fingerprint density at radius 1 is 1.35 bits per heavy atom. The van der Waals surface area contributed by atoms with Crippen LogP contribution in [0.5, 0.6) is 0 Å². The smallest absolute Gasteiger partial charge is 0.418 e. The van der Waals surface area contributed by atoms with E-state index in [0.717, 1.165) is 10.5 Å². The highest BCUT2D eigenvalue weighted by molar-refractivity contribution is 6.30. The SMILES string of the molecule is CC(C)(C)OC(=O)N(CCN)C(=O)NCCc1cccc(Cl)c1. The van der Waals surface area contributed by atoms with Crippen molar-refractivity contribution in [2.24, 2.45) is 5.73 Å². The highest BCUT2D eigenvalue weighted by atomic mass is 35.5. The lowest BCUT2D eigenvalue weighted by Gasteiger charge is -2.26. The summed E-state index contributed by atoms with van der Waals surface area (Å²) in [4.78, 5) is 25.2. The molecule has 1 rings (SSSR count). The average molecular weight is 342 g/mol. The minimum Gasteiger partial charge on any atom is -0.443 e. The summed E-state index contributed by atoms with van der Waals surface area (Å²) in [5.41, 5.74) is 5.79. The van der Waals surface area contributed by atoms with E-state index in [2.05, 4.69) is 5.32 Å². The van der Waals surface area contributed by atoms with Crippen LogP contribution in [0, 0.1) is 0 Å². The molecule has 1 aromatic carbocycles. The number of nitrogens with one attached hydrogen (secondary N) is 1. The average Bonchev–Trinajstić information content (AvgIpc) is 2.42. The molecule has 0 saturated heterocycles. The fraction of sp³-hybridized carbons (Fsp3) is 0.500. The van der Waals surface area contributed by atoms with E-state index in [4.69, 9.17) is 22.1 Å². The van der Waals surface area contributed by atoms with Crippen LogP contribution in [-0.4, -0.2) is 42.3 Å². The van der Waals surface area contributed by atoms with Crippen molar-refractivity contribution in [2.45, 2.75) is 32.8 Å². The number of hydrogen-bond donors (Lipinski definition) is 2. The quantitative estimate of drug-likeness (QED) is 0.862. The van der Waals surface area contributed by atoms with Crippen LogP contribution >= 0.6 is 11.6 Å². The number of carbonyl (C=O) groups excluding carboxylic acids is 2. The number of urea groups is 1. The Hall–Kier alpha value is -1.79. The number of hydrogen-bond acceptors (Lipinski definition) is 4. The fourth-order valence-electron chi connectivity index (χ4n) is 1.82. The van der Waals surface area contributed by atoms with Crippen molar-refractivity contribution in [3.8, 4) is 0 Å². The maximum atomic E-state index is 12.1. The molecular weight excluding hydrogens is 318 g/mol. The first kappa shape index (κ1) is 19.3. The Morgan fingerprint density at radius 2 is 2.04 bits per heavy atom. The molecule has 0 aliphatic heterocycles. The van der Waals surface area contributed by atoms with E-state index in [1.54, 1.807) is 26.8 Å². The maximum absolute atomic E-state index is 12.1. The minimum absolute atomic E-state index is 0.0952. The Balaban J connectivity index is 2.55. The first-order chi connectivity index (χ1) is 10.7. The van der Waals surface area contributed by atoms with Gasteiger partial charge < -0.3 is 15.8 Å². The topological polar surface area (TPSA) is 84.7 Å². The van der Waals surface area contributed by atoms with E-state index >= 15 is 0 Å². The summed E-state index contributed by atoms with van der Waals surface area (Å²) in [5, 5.41) is 3.34. The summed E-state index contributed by atoms with van der Waals surface area (Å²) in [6, 6.07) is 6.87. The predicted molar refractivity (Wildman–Crippen MR) is 90.5 cm³/mol. The van der Waals surface area contributed by atoms with Crippen LogP contribution in [0.1, 0.15) is 26.3 Å². The lowest BCUT2D eigenvalue weighted by atomic mass is 10.1. The predicted octanol–water partition coefficient (Wildman–Crippen LogP) is 2.79. The number of halogens is 1. The number of amides is 3. The van der Waals surface area contributed by atoms with Gasteiger partial charge in [0.1, 0.15) is 5.60 Å². The first-order valence-corrected chi connectivity index (χ1v) is 7.83. The zero-order chi connectivity index (χ0) is 17.5. The second kappa shape index (κ2) is 8.74. The van der Waals surface area contributed by atoms with Crippen molar-refractivity contribution in [1.29, 1.82) is 0 Å². The molecule has 0 unspecified atom stereocenters. The summed E-state index contributed by atoms with van der Waals surface area (Å²) in [6.45, 7) is 5.86. The lowest BCUT2D eigenvalue weighted by molar-refractivity contribution is 0.0325. The van der Waals surface area contributed by atoms with Gasteiger partial charge in [0.25, 0.3) is 0 Å². The van der Waals surface area contributed by atoms with Crippen molar-refractivity contribution < 1.29 is 14.3 Å². The van der Waals surface area contributed by atoms with Crippen molar-refractivity contribution >= 4 is 23.7 Å². The van der Waals surface area contributed by atoms with Crippen LogP contribution in [0.4, 0.5) is 9.59 Å². The van der Waals surface area contributed by atoms with Crippen molar-refractivity contribution in [1.82, 2.24) is 10.2 Å². The Bertz CT molecular complexity index is 544. The molecule has 0 aliphatic carbocycles. The second-order valence-corrected chi connectivity index (χ2v) is 6.47. The highest BCUT2D eigenvalue weighted by Gasteiger charge is 2.26. The molecule has 0 bridgehead atoms. The molecule has 23 heavy (non-hydrogen) atoms. The summed E-state index contributed by atoms with van der Waals surface area (Å²) < 4.78 is 5.21. The van der Waals surface area contributed by atoms with Crippen LogP contribution in [0.15, 0.2) is 24.3 Å². The Morgan fingerprint density at radius 3 is 2.61 bits per heavy atom. The number of benzene rings is 1. The number of imide groups is 1. The summed E-state index contributed by atoms with van der Waals surface area (Å²) in [5.74, 6) is 0. The zero-order valence-corrected chi connectivity index (χ0v) is 14.5. The van der Waals surface area contributed by atoms with E-state index in [1.165, 1.54) is 0 Å². The number of ether oxygens (including phenoxy) is 1. The van der Waals surface area contributed by atoms with Gasteiger partial charge in [0, 0.05) is 24.7 Å². The first-order valence-electron chi connectivity index (χ1n) is 7.46. The highest BCUT2D eigenvalue weighted by Crippen LogP contribution is 2.11. The third-order valence-corrected chi connectivity index (χ3v) is 3.03. The van der Waals surface area contributed by atoms with Gasteiger partial charge in [-0.1, -0.05) is 23.7 Å². The van der Waals surface area contributed by atoms with Crippen molar-refractivity contribution in [3.63, 3.8) is 0 Å². The number of carbonyl (C=O) groups is 2. The molecule has 0 spiro atoms. The van der Waals surface area contributed by atoms with Gasteiger partial charge in [0.15, 0.2) is 0 Å². The monoisotopic (exact) mass is 341 g/mol. The summed E-state index contributed by atoms with van der Waals surface area (Å²) >= 11 is 5.91. The van der Waals surface area contributed by atoms with E-state index in [1.807, 2.05) is 18.2 Å². The van der Waals surface area contributed by atoms with Crippen LogP contribution in [0.2, 0.25) is 5.02 Å². The van der Waals surface area contributed by atoms with E-state index in [9.17, 15) is 9.59 Å². The van der Waals surface area contributed by atoms with Gasteiger partial charge in [-0.25, -0.2) is 14.5 Å². The molecule has 0 aliphatic rings. The van der Waals surface area contributed by atoms with Crippen LogP contribution in [0.3, 0.4) is 0 Å². The standard InChI is InChI=1S/C16H24ClN3O3/c1-16(2,3)23-15(22)20(10-8-18)14(21)19-9-7-12-5-4-6-13(17)11-12/h4-6,11H,7-10,18H2,1-3H3,(H,19,21). The van der Waals surface area contributed by atoms with Gasteiger partial charge in [-0.15, -0.1) is 0 Å². The molecule has 128 valence electrons. The van der Waals surface area contributed by atoms with E-state index in [0.29, 0.717) is 18.0 Å². The van der Waals surface area contributed by atoms with Crippen molar-refractivity contribution in [2.75, 3.05) is 19.6 Å². The van der Waals surface area contributed by atoms with Crippen LogP contribution in [-0.2, 0) is 11.2 Å². The molecule has 0 fully saturated rings. The third-order valence-electron chi connectivity index (χ3n) is 2.79. The molecule has 0 aromatic heterocycles. The van der Waals surface area contributed by atoms with E-state index in [-0.39, 0.29) is 13.1 Å². The van der Waals surface area contributed by atoms with Gasteiger partial charge in [-0.05, 0) is 44.9 Å². The largest absolute Gasteiger partial charge is 0.443 e. The van der Waals surface area contributed by atoms with Crippen molar-refractivity contribution in [3.05, 3.63) is 34.9 Å². The fourth-order valence-corrected chi connectivity index (χ4v) is 2.04. The summed E-state index contributed by atoms with van der Waals surface area (Å²) in [7, 11) is 0. The lowest BCUT2D eigenvalue weighted by Crippen LogP contribution is -2.48. The molecule has 0 radical (unpaired) electrons. The maximum Gasteiger partial charge on any atom is 0.418 e. The molecular formula is C16H24ClN3O3. The van der Waals surface area contributed by atoms with Gasteiger partial charge in [0.05, 0.1) is 0 Å². The normalized spacial score (nSPS) is 11.0. The molecule has 1 aromatic rings. The molecule has 3 N–H and O–H groups in total. The van der Waals surface area contributed by atoms with Crippen LogP contribution < -0.4 is 11.1 Å². The zero-order valence-electron chi connectivity index (χ0n) is 13.8. The summed E-state index contributed by atoms with van der Waals surface area (Å²) in [6.07, 6.45) is -0.0971. The van der Waals surface area contributed by atoms with Gasteiger partial charge >= 0.3 is 12.1 Å². The molecule has 0 heterocycles. The Labute approximate surface area is 141 Å². The Kier molecular flexibility index (Phi) is 7.32. The van der Waals surface area contributed by atoms with Crippen LogP contribution in [0.25, 0.3) is 0 Å². The molecule has 3 amide bonds. The molecule has 0 saturated carbocycles. The number of nitrogens with two attached hydrogens (primary N) is 1. The second-order valence-electron chi connectivity index (χ2n) is 6.03. The molecule has 7 heteroatoms. The van der Waals surface area contributed by atoms with Gasteiger partial charge in [-0.3, -0.25) is 0 Å². The third kappa shape index (κ3) is 7.34. The van der Waals surface area contributed by atoms with Gasteiger partial charge in [-0.2, -0.15) is 0 Å². The number of nitrogens with zero attached hydrogens (tertiary/aromatic N) is 1. The molecule has 0 atom stereocenters. The minimum atomic E-state index is -0.705.